The zero-order valence-electron chi connectivity index (χ0n) is 13.6. The minimum atomic E-state index is -0.757. The molecule has 5 heteroatoms. The lowest BCUT2D eigenvalue weighted by Gasteiger charge is -2.35. The van der Waals surface area contributed by atoms with Crippen LogP contribution in [-0.4, -0.2) is 59.4 Å². The molecular weight excluding hydrogens is 268 g/mol. The Bertz CT molecular complexity index is 349. The fraction of sp³-hybridized carbons (Fsp3) is 0.938. The van der Waals surface area contributed by atoms with Crippen LogP contribution in [0.2, 0.25) is 0 Å². The number of hydrogen-bond donors (Lipinski definition) is 2. The van der Waals surface area contributed by atoms with Gasteiger partial charge >= 0.3 is 5.97 Å². The van der Waals surface area contributed by atoms with Crippen LogP contribution in [0, 0.1) is 0 Å². The van der Waals surface area contributed by atoms with Crippen LogP contribution < -0.4 is 5.32 Å². The molecule has 2 rings (SSSR count). The topological polar surface area (TPSA) is 61.8 Å². The highest BCUT2D eigenvalue weighted by atomic mass is 16.5. The van der Waals surface area contributed by atoms with Gasteiger partial charge in [0.25, 0.3) is 0 Å². The van der Waals surface area contributed by atoms with Crippen LogP contribution in [0.4, 0.5) is 0 Å². The Morgan fingerprint density at radius 1 is 1.29 bits per heavy atom. The van der Waals surface area contributed by atoms with E-state index in [4.69, 9.17) is 4.74 Å². The lowest BCUT2D eigenvalue weighted by Crippen LogP contribution is -2.50. The van der Waals surface area contributed by atoms with Crippen LogP contribution in [0.25, 0.3) is 0 Å². The molecule has 1 heterocycles. The van der Waals surface area contributed by atoms with Gasteiger partial charge in [0.2, 0.25) is 0 Å². The predicted octanol–water partition coefficient (Wildman–Crippen LogP) is 1.86. The number of nitrogens with one attached hydrogen (secondary N) is 1. The van der Waals surface area contributed by atoms with Crippen molar-refractivity contribution in [1.29, 1.82) is 0 Å². The van der Waals surface area contributed by atoms with Gasteiger partial charge in [0.15, 0.2) is 0 Å². The molecule has 2 fully saturated rings. The molecule has 0 amide bonds. The van der Waals surface area contributed by atoms with E-state index < -0.39 is 11.5 Å². The number of ether oxygens (including phenoxy) is 1. The fourth-order valence-electron chi connectivity index (χ4n) is 3.20. The molecule has 3 atom stereocenters. The Morgan fingerprint density at radius 2 is 1.90 bits per heavy atom. The smallest absolute Gasteiger partial charge is 0.323 e. The molecule has 5 nitrogen and oxygen atoms in total. The highest BCUT2D eigenvalue weighted by molar-refractivity contribution is 5.78. The second kappa shape index (κ2) is 7.07. The van der Waals surface area contributed by atoms with Crippen molar-refractivity contribution in [3.05, 3.63) is 0 Å². The maximum absolute atomic E-state index is 11.5. The summed E-state index contributed by atoms with van der Waals surface area (Å²) in [6, 6.07) is 0.423. The Balaban J connectivity index is 1.68. The third kappa shape index (κ3) is 5.24. The van der Waals surface area contributed by atoms with E-state index in [1.54, 1.807) is 0 Å². The monoisotopic (exact) mass is 298 g/mol. The number of rotatable bonds is 8. The lowest BCUT2D eigenvalue weighted by atomic mass is 9.94. The molecule has 0 bridgehead atoms. The zero-order chi connectivity index (χ0) is 15.5. The second-order valence-corrected chi connectivity index (χ2v) is 7.03. The first-order chi connectivity index (χ1) is 9.89. The molecule has 1 unspecified atom stereocenters. The number of hydrogen-bond acceptors (Lipinski definition) is 4. The number of unbranched alkanes of at least 4 members (excludes halogenated alkanes) is 1. The number of carboxylic acid groups (broad SMARTS) is 1. The Morgan fingerprint density at radius 3 is 2.43 bits per heavy atom. The normalized spacial score (nSPS) is 30.0. The lowest BCUT2D eigenvalue weighted by molar-refractivity contribution is -0.144. The average molecular weight is 298 g/mol. The molecule has 0 spiro atoms. The molecule has 21 heavy (non-hydrogen) atoms. The van der Waals surface area contributed by atoms with Gasteiger partial charge in [0, 0.05) is 19.1 Å². The van der Waals surface area contributed by atoms with Crippen molar-refractivity contribution in [3.8, 4) is 0 Å². The first-order valence-corrected chi connectivity index (χ1v) is 8.28. The summed E-state index contributed by atoms with van der Waals surface area (Å²) in [7, 11) is 0. The van der Waals surface area contributed by atoms with E-state index in [9.17, 15) is 9.90 Å². The maximum atomic E-state index is 11.5. The van der Waals surface area contributed by atoms with Gasteiger partial charge in [-0.2, -0.15) is 0 Å². The van der Waals surface area contributed by atoms with Crippen molar-refractivity contribution in [3.63, 3.8) is 0 Å². The van der Waals surface area contributed by atoms with E-state index in [0.717, 1.165) is 45.3 Å². The number of carboxylic acids is 1. The van der Waals surface area contributed by atoms with Crippen LogP contribution in [0.3, 0.4) is 0 Å². The first-order valence-electron chi connectivity index (χ1n) is 8.28. The van der Waals surface area contributed by atoms with Crippen molar-refractivity contribution in [2.24, 2.45) is 0 Å². The summed E-state index contributed by atoms with van der Waals surface area (Å²) in [6.07, 6.45) is 5.54. The summed E-state index contributed by atoms with van der Waals surface area (Å²) < 4.78 is 5.73. The Kier molecular flexibility index (Phi) is 5.63. The van der Waals surface area contributed by atoms with Crippen molar-refractivity contribution in [1.82, 2.24) is 10.2 Å². The van der Waals surface area contributed by atoms with E-state index in [1.807, 2.05) is 6.92 Å². The van der Waals surface area contributed by atoms with Gasteiger partial charge in [-0.05, 0) is 59.4 Å². The molecule has 122 valence electrons. The summed E-state index contributed by atoms with van der Waals surface area (Å²) in [5, 5.41) is 12.7. The van der Waals surface area contributed by atoms with E-state index in [2.05, 4.69) is 24.1 Å². The number of carbonyl (C=O) groups is 1. The summed E-state index contributed by atoms with van der Waals surface area (Å²) >= 11 is 0. The van der Waals surface area contributed by atoms with E-state index >= 15 is 0 Å². The third-order valence-electron chi connectivity index (χ3n) is 4.47. The fourth-order valence-corrected chi connectivity index (χ4v) is 3.20. The van der Waals surface area contributed by atoms with Crippen LogP contribution in [-0.2, 0) is 9.53 Å². The maximum Gasteiger partial charge on any atom is 0.323 e. The van der Waals surface area contributed by atoms with Gasteiger partial charge in [0.1, 0.15) is 5.54 Å². The predicted molar refractivity (Wildman–Crippen MR) is 82.5 cm³/mol. The van der Waals surface area contributed by atoms with Gasteiger partial charge in [-0.1, -0.05) is 0 Å². The quantitative estimate of drug-likeness (QED) is 0.670. The van der Waals surface area contributed by atoms with Crippen molar-refractivity contribution >= 4 is 5.97 Å². The van der Waals surface area contributed by atoms with Gasteiger partial charge in [0.05, 0.1) is 12.2 Å². The van der Waals surface area contributed by atoms with Crippen LogP contribution >= 0.6 is 0 Å². The zero-order valence-corrected chi connectivity index (χ0v) is 13.6. The number of nitrogens with zero attached hydrogens (tertiary/aromatic N) is 1. The van der Waals surface area contributed by atoms with Crippen LogP contribution in [0.1, 0.15) is 52.9 Å². The SMILES string of the molecule is C[C@@H]1CN(CCCCC(C)(NC2CC2)C(=O)O)C[C@H](C)O1. The van der Waals surface area contributed by atoms with Crippen molar-refractivity contribution in [2.75, 3.05) is 19.6 Å². The van der Waals surface area contributed by atoms with Gasteiger partial charge in [-0.25, -0.2) is 0 Å². The third-order valence-corrected chi connectivity index (χ3v) is 4.47. The van der Waals surface area contributed by atoms with E-state index in [-0.39, 0.29) is 0 Å². The molecule has 1 saturated heterocycles. The van der Waals surface area contributed by atoms with Crippen LogP contribution in [0.15, 0.2) is 0 Å². The van der Waals surface area contributed by atoms with Gasteiger partial charge in [-0.3, -0.25) is 15.0 Å². The van der Waals surface area contributed by atoms with Gasteiger partial charge in [-0.15, -0.1) is 0 Å². The second-order valence-electron chi connectivity index (χ2n) is 7.03. The molecule has 0 radical (unpaired) electrons. The van der Waals surface area contributed by atoms with Crippen molar-refractivity contribution in [2.45, 2.75) is 76.7 Å². The molecule has 2 aliphatic rings. The minimum Gasteiger partial charge on any atom is -0.480 e. The Hall–Kier alpha value is -0.650. The summed E-state index contributed by atoms with van der Waals surface area (Å²) in [4.78, 5) is 13.9. The highest BCUT2D eigenvalue weighted by Gasteiger charge is 2.37. The van der Waals surface area contributed by atoms with E-state index in [0.29, 0.717) is 24.7 Å². The molecule has 1 saturated carbocycles. The van der Waals surface area contributed by atoms with Crippen LogP contribution in [0.5, 0.6) is 0 Å². The molecule has 1 aliphatic heterocycles. The summed E-state index contributed by atoms with van der Waals surface area (Å²) in [5.41, 5.74) is -0.757. The number of aliphatic carboxylic acids is 1. The number of morpholine rings is 1. The first kappa shape index (κ1) is 16.7. The standard InChI is InChI=1S/C16H30N2O3/c1-12-10-18(11-13(2)21-12)9-5-4-8-16(3,15(19)20)17-14-6-7-14/h12-14,17H,4-11H2,1-3H3,(H,19,20)/t12-,13+,16?. The minimum absolute atomic E-state index is 0.301. The molecule has 0 aromatic heterocycles. The highest BCUT2D eigenvalue weighted by Crippen LogP contribution is 2.25. The van der Waals surface area contributed by atoms with E-state index in [1.165, 1.54) is 0 Å². The molecule has 2 N–H and O–H groups in total. The molecule has 0 aromatic rings. The largest absolute Gasteiger partial charge is 0.480 e. The molecule has 0 aromatic carbocycles. The molecule has 1 aliphatic carbocycles. The van der Waals surface area contributed by atoms with Crippen molar-refractivity contribution < 1.29 is 14.6 Å². The Labute approximate surface area is 128 Å². The summed E-state index contributed by atoms with van der Waals surface area (Å²) in [6.45, 7) is 9.07. The summed E-state index contributed by atoms with van der Waals surface area (Å²) in [5.74, 6) is -0.719. The average Bonchev–Trinajstić information content (AvgIpc) is 3.17. The van der Waals surface area contributed by atoms with Gasteiger partial charge < -0.3 is 9.84 Å². The molecular formula is C16H30N2O3.